The lowest BCUT2D eigenvalue weighted by molar-refractivity contribution is 0.579. The maximum absolute atomic E-state index is 11.9. The largest absolute Gasteiger partial charge is 0.269 e. The molecule has 21 heavy (non-hydrogen) atoms. The Morgan fingerprint density at radius 1 is 1.05 bits per heavy atom. The zero-order valence-corrected chi connectivity index (χ0v) is 14.2. The molecule has 0 amide bonds. The summed E-state index contributed by atoms with van der Waals surface area (Å²) in [7, 11) is -6.79. The average molecular weight is 334 g/mol. The van der Waals surface area contributed by atoms with Gasteiger partial charge in [-0.15, -0.1) is 0 Å². The van der Waals surface area contributed by atoms with Gasteiger partial charge in [0.05, 0.1) is 17.7 Å². The first-order valence-electron chi connectivity index (χ1n) is 6.73. The van der Waals surface area contributed by atoms with E-state index in [0.717, 1.165) is 18.2 Å². The lowest BCUT2D eigenvalue weighted by Gasteiger charge is -2.22. The van der Waals surface area contributed by atoms with E-state index in [4.69, 9.17) is 0 Å². The average Bonchev–Trinajstić information content (AvgIpc) is 2.42. The summed E-state index contributed by atoms with van der Waals surface area (Å²) in [6.45, 7) is 3.64. The lowest BCUT2D eigenvalue weighted by atomic mass is 10.1. The molecule has 1 rings (SSSR count). The third-order valence-electron chi connectivity index (χ3n) is 3.05. The van der Waals surface area contributed by atoms with E-state index < -0.39 is 20.0 Å². The van der Waals surface area contributed by atoms with Crippen LogP contribution in [0.25, 0.3) is 0 Å². The van der Waals surface area contributed by atoms with Crippen LogP contribution < -0.4 is 9.03 Å². The zero-order valence-electron chi connectivity index (χ0n) is 12.5. The smallest absolute Gasteiger partial charge is 0.232 e. The number of rotatable bonds is 8. The number of hydrogen-bond donors (Lipinski definition) is 1. The highest BCUT2D eigenvalue weighted by Gasteiger charge is 2.18. The molecule has 0 aliphatic carbocycles. The van der Waals surface area contributed by atoms with E-state index in [9.17, 15) is 16.8 Å². The number of nitrogens with one attached hydrogen (secondary N) is 1. The van der Waals surface area contributed by atoms with Crippen molar-refractivity contribution < 1.29 is 16.8 Å². The zero-order chi connectivity index (χ0) is 16.1. The van der Waals surface area contributed by atoms with Crippen LogP contribution in [-0.4, -0.2) is 41.9 Å². The molecule has 120 valence electrons. The Kier molecular flexibility index (Phi) is 6.18. The molecule has 0 radical (unpaired) electrons. The van der Waals surface area contributed by atoms with Crippen LogP contribution in [0.3, 0.4) is 0 Å². The summed E-state index contributed by atoms with van der Waals surface area (Å²) < 4.78 is 50.0. The minimum absolute atomic E-state index is 0.0307. The van der Waals surface area contributed by atoms with Gasteiger partial charge in [0.2, 0.25) is 20.0 Å². The third-order valence-corrected chi connectivity index (χ3v) is 5.65. The van der Waals surface area contributed by atoms with Gasteiger partial charge in [-0.2, -0.15) is 0 Å². The summed E-state index contributed by atoms with van der Waals surface area (Å²) >= 11 is 0. The lowest BCUT2D eigenvalue weighted by Crippen LogP contribution is -2.38. The highest BCUT2D eigenvalue weighted by atomic mass is 32.2. The van der Waals surface area contributed by atoms with E-state index in [1.165, 1.54) is 11.2 Å². The Morgan fingerprint density at radius 3 is 2.05 bits per heavy atom. The van der Waals surface area contributed by atoms with Crippen molar-refractivity contribution in [3.8, 4) is 0 Å². The maximum atomic E-state index is 11.9. The Morgan fingerprint density at radius 2 is 1.62 bits per heavy atom. The van der Waals surface area contributed by atoms with Gasteiger partial charge in [0.25, 0.3) is 0 Å². The summed E-state index contributed by atoms with van der Waals surface area (Å²) in [6.07, 6.45) is 1.98. The highest BCUT2D eigenvalue weighted by molar-refractivity contribution is 7.92. The number of benzene rings is 1. The van der Waals surface area contributed by atoms with E-state index in [1.54, 1.807) is 12.1 Å². The molecule has 0 unspecified atom stereocenters. The molecule has 0 aromatic heterocycles. The van der Waals surface area contributed by atoms with E-state index in [2.05, 4.69) is 4.72 Å². The first kappa shape index (κ1) is 17.9. The predicted octanol–water partition coefficient (Wildman–Crippen LogP) is 0.954. The molecule has 0 bridgehead atoms. The van der Waals surface area contributed by atoms with E-state index in [0.29, 0.717) is 5.69 Å². The molecule has 8 heteroatoms. The van der Waals surface area contributed by atoms with Crippen molar-refractivity contribution >= 4 is 25.7 Å². The molecule has 0 spiro atoms. The second-order valence-electron chi connectivity index (χ2n) is 4.65. The van der Waals surface area contributed by atoms with E-state index in [1.807, 2.05) is 19.1 Å². The summed E-state index contributed by atoms with van der Waals surface area (Å²) in [6, 6.07) is 7.19. The van der Waals surface area contributed by atoms with Crippen molar-refractivity contribution in [2.75, 3.05) is 29.4 Å². The number of nitrogens with zero attached hydrogens (tertiary/aromatic N) is 1. The topological polar surface area (TPSA) is 83.6 Å². The molecule has 1 aromatic carbocycles. The van der Waals surface area contributed by atoms with Crippen LogP contribution >= 0.6 is 0 Å². The van der Waals surface area contributed by atoms with Gasteiger partial charge in [-0.3, -0.25) is 4.31 Å². The van der Waals surface area contributed by atoms with Crippen LogP contribution in [0.15, 0.2) is 24.3 Å². The van der Waals surface area contributed by atoms with Gasteiger partial charge in [0.15, 0.2) is 0 Å². The van der Waals surface area contributed by atoms with E-state index >= 15 is 0 Å². The van der Waals surface area contributed by atoms with Crippen LogP contribution in [0.5, 0.6) is 0 Å². The van der Waals surface area contributed by atoms with Gasteiger partial charge in [0.1, 0.15) is 0 Å². The van der Waals surface area contributed by atoms with Gasteiger partial charge in [-0.1, -0.05) is 19.1 Å². The second kappa shape index (κ2) is 7.24. The SMILES string of the molecule is CCc1ccc(N(CCNS(=O)(=O)CC)S(C)(=O)=O)cc1. The van der Waals surface area contributed by atoms with Gasteiger partial charge >= 0.3 is 0 Å². The molecule has 1 aromatic rings. The molecule has 0 heterocycles. The number of aryl methyl sites for hydroxylation is 1. The molecular weight excluding hydrogens is 312 g/mol. The molecule has 6 nitrogen and oxygen atoms in total. The number of sulfonamides is 2. The standard InChI is InChI=1S/C13H22N2O4S2/c1-4-12-6-8-13(9-7-12)15(20(3,16)17)11-10-14-21(18,19)5-2/h6-9,14H,4-5,10-11H2,1-3H3. The van der Waals surface area contributed by atoms with Crippen molar-refractivity contribution in [1.82, 2.24) is 4.72 Å². The Labute approximate surface area is 127 Å². The minimum atomic E-state index is -3.46. The Bertz CT molecular complexity index is 652. The van der Waals surface area contributed by atoms with Crippen molar-refractivity contribution in [3.05, 3.63) is 29.8 Å². The van der Waals surface area contributed by atoms with Crippen molar-refractivity contribution in [2.24, 2.45) is 0 Å². The van der Waals surface area contributed by atoms with Crippen LogP contribution in [0.1, 0.15) is 19.4 Å². The first-order valence-corrected chi connectivity index (χ1v) is 10.2. The van der Waals surface area contributed by atoms with Gasteiger partial charge in [-0.05, 0) is 31.0 Å². The van der Waals surface area contributed by atoms with Crippen LogP contribution in [0.2, 0.25) is 0 Å². The molecule has 0 aliphatic heterocycles. The summed E-state index contributed by atoms with van der Waals surface area (Å²) in [5.41, 5.74) is 1.64. The van der Waals surface area contributed by atoms with Crippen LogP contribution in [-0.2, 0) is 26.5 Å². The summed E-state index contributed by atoms with van der Waals surface area (Å²) in [5, 5.41) is 0. The molecular formula is C13H22N2O4S2. The first-order chi connectivity index (χ1) is 9.69. The van der Waals surface area contributed by atoms with Crippen molar-refractivity contribution in [1.29, 1.82) is 0 Å². The molecule has 0 saturated heterocycles. The van der Waals surface area contributed by atoms with E-state index in [-0.39, 0.29) is 18.8 Å². The fourth-order valence-corrected chi connectivity index (χ4v) is 3.32. The fourth-order valence-electron chi connectivity index (χ4n) is 1.79. The Balaban J connectivity index is 2.87. The highest BCUT2D eigenvalue weighted by Crippen LogP contribution is 2.18. The summed E-state index contributed by atoms with van der Waals surface area (Å²) in [5.74, 6) is -0.0307. The monoisotopic (exact) mass is 334 g/mol. The maximum Gasteiger partial charge on any atom is 0.232 e. The van der Waals surface area contributed by atoms with Gasteiger partial charge < -0.3 is 0 Å². The normalized spacial score (nSPS) is 12.3. The van der Waals surface area contributed by atoms with Crippen molar-refractivity contribution in [2.45, 2.75) is 20.3 Å². The summed E-state index contributed by atoms with van der Waals surface area (Å²) in [4.78, 5) is 0. The number of hydrogen-bond acceptors (Lipinski definition) is 4. The Hall–Kier alpha value is -1.12. The van der Waals surface area contributed by atoms with Crippen LogP contribution in [0.4, 0.5) is 5.69 Å². The van der Waals surface area contributed by atoms with Crippen LogP contribution in [0, 0.1) is 0 Å². The predicted molar refractivity (Wildman–Crippen MR) is 85.5 cm³/mol. The molecule has 0 aliphatic rings. The number of anilines is 1. The quantitative estimate of drug-likeness (QED) is 0.767. The molecule has 0 atom stereocenters. The molecule has 0 saturated carbocycles. The fraction of sp³-hybridized carbons (Fsp3) is 0.538. The van der Waals surface area contributed by atoms with Gasteiger partial charge in [0, 0.05) is 13.1 Å². The second-order valence-corrected chi connectivity index (χ2v) is 8.66. The minimum Gasteiger partial charge on any atom is -0.269 e. The molecule has 1 N–H and O–H groups in total. The van der Waals surface area contributed by atoms with Crippen molar-refractivity contribution in [3.63, 3.8) is 0 Å². The third kappa shape index (κ3) is 5.64. The van der Waals surface area contributed by atoms with Gasteiger partial charge in [-0.25, -0.2) is 21.6 Å². The molecule has 0 fully saturated rings.